The smallest absolute Gasteiger partial charge is 0.194 e. The third-order valence-electron chi connectivity index (χ3n) is 5.72. The van der Waals surface area contributed by atoms with Crippen LogP contribution in [0.5, 0.6) is 5.75 Å². The number of nitrogens with zero attached hydrogens (tertiary/aromatic N) is 3. The summed E-state index contributed by atoms with van der Waals surface area (Å²) in [5, 5.41) is 3.41. The molecule has 2 fully saturated rings. The number of aliphatic imine (C=N–C) groups is 1. The number of halogens is 1. The molecule has 174 valence electrons. The third-order valence-corrected chi connectivity index (χ3v) is 5.72. The molecule has 3 rings (SSSR count). The summed E-state index contributed by atoms with van der Waals surface area (Å²) in [4.78, 5) is 9.45. The summed E-state index contributed by atoms with van der Waals surface area (Å²) in [5.74, 6) is 1.52. The monoisotopic (exact) mass is 436 g/mol. The minimum absolute atomic E-state index is 0.290. The Morgan fingerprint density at radius 2 is 2.13 bits per heavy atom. The Kier molecular flexibility index (Phi) is 9.84. The molecule has 0 saturated carbocycles. The van der Waals surface area contributed by atoms with Crippen molar-refractivity contribution in [1.29, 1.82) is 0 Å². The summed E-state index contributed by atoms with van der Waals surface area (Å²) >= 11 is 0. The van der Waals surface area contributed by atoms with Gasteiger partial charge in [-0.3, -0.25) is 9.89 Å². The molecule has 7 nitrogen and oxygen atoms in total. The first kappa shape index (κ1) is 23.8. The van der Waals surface area contributed by atoms with E-state index >= 15 is 0 Å². The lowest BCUT2D eigenvalue weighted by molar-refractivity contribution is 0.0892. The largest absolute Gasteiger partial charge is 0.494 e. The van der Waals surface area contributed by atoms with E-state index in [2.05, 4.69) is 22.0 Å². The second kappa shape index (κ2) is 12.8. The molecule has 0 aromatic heterocycles. The van der Waals surface area contributed by atoms with Crippen molar-refractivity contribution in [3.63, 3.8) is 0 Å². The lowest BCUT2D eigenvalue weighted by atomic mass is 10.1. The molecule has 1 aromatic rings. The molecule has 0 spiro atoms. The summed E-state index contributed by atoms with van der Waals surface area (Å²) in [6, 6.07) is 5.20. The van der Waals surface area contributed by atoms with E-state index < -0.39 is 0 Å². The van der Waals surface area contributed by atoms with Crippen molar-refractivity contribution in [1.82, 2.24) is 15.1 Å². The number of hydrogen-bond donors (Lipinski definition) is 1. The fraction of sp³-hybridized carbons (Fsp3) is 0.696. The molecule has 2 heterocycles. The number of guanidine groups is 1. The second-order valence-corrected chi connectivity index (χ2v) is 8.13. The van der Waals surface area contributed by atoms with E-state index in [4.69, 9.17) is 19.2 Å². The molecular weight excluding hydrogens is 399 g/mol. The average Bonchev–Trinajstić information content (AvgIpc) is 3.30. The molecule has 2 aliphatic heterocycles. The van der Waals surface area contributed by atoms with Crippen LogP contribution < -0.4 is 10.1 Å². The molecule has 8 heteroatoms. The molecular formula is C23H37FN4O3. The zero-order chi connectivity index (χ0) is 21.9. The summed E-state index contributed by atoms with van der Waals surface area (Å²) < 4.78 is 30.1. The van der Waals surface area contributed by atoms with E-state index in [0.29, 0.717) is 5.92 Å². The predicted molar refractivity (Wildman–Crippen MR) is 120 cm³/mol. The van der Waals surface area contributed by atoms with Gasteiger partial charge < -0.3 is 24.4 Å². The highest BCUT2D eigenvalue weighted by molar-refractivity contribution is 5.80. The molecule has 0 radical (unpaired) electrons. The van der Waals surface area contributed by atoms with E-state index in [1.165, 1.54) is 7.11 Å². The molecule has 0 aliphatic carbocycles. The molecule has 1 aromatic carbocycles. The number of benzene rings is 1. The Balaban J connectivity index is 1.38. The van der Waals surface area contributed by atoms with Gasteiger partial charge in [0.1, 0.15) is 0 Å². The van der Waals surface area contributed by atoms with Gasteiger partial charge >= 0.3 is 0 Å². The van der Waals surface area contributed by atoms with Crippen LogP contribution in [-0.2, 0) is 16.0 Å². The Labute approximate surface area is 185 Å². The van der Waals surface area contributed by atoms with Gasteiger partial charge in [0.05, 0.1) is 20.3 Å². The lowest BCUT2D eigenvalue weighted by Gasteiger charge is -2.36. The van der Waals surface area contributed by atoms with Gasteiger partial charge in [0.2, 0.25) is 0 Å². The van der Waals surface area contributed by atoms with Crippen molar-refractivity contribution in [3.8, 4) is 5.75 Å². The zero-order valence-electron chi connectivity index (χ0n) is 18.9. The maximum atomic E-state index is 13.9. The van der Waals surface area contributed by atoms with Crippen LogP contribution in [0.4, 0.5) is 4.39 Å². The SMILES string of the molecule is CCNC(=NCCCOCC1CCOC1)N1CCN(Cc2ccc(OC)c(F)c2)CC1. The summed E-state index contributed by atoms with van der Waals surface area (Å²) in [7, 11) is 1.49. The maximum absolute atomic E-state index is 13.9. The second-order valence-electron chi connectivity index (χ2n) is 8.13. The molecule has 1 atom stereocenters. The van der Waals surface area contributed by atoms with Crippen molar-refractivity contribution >= 4 is 5.96 Å². The minimum Gasteiger partial charge on any atom is -0.494 e. The molecule has 2 aliphatic rings. The van der Waals surface area contributed by atoms with Crippen molar-refractivity contribution in [3.05, 3.63) is 29.6 Å². The molecule has 1 unspecified atom stereocenters. The van der Waals surface area contributed by atoms with Gasteiger partial charge in [0, 0.05) is 64.9 Å². The Hall–Kier alpha value is -1.90. The summed E-state index contributed by atoms with van der Waals surface area (Å²) in [6.45, 7) is 11.3. The van der Waals surface area contributed by atoms with Gasteiger partial charge in [-0.2, -0.15) is 0 Å². The number of rotatable bonds is 10. The highest BCUT2D eigenvalue weighted by Gasteiger charge is 2.20. The zero-order valence-corrected chi connectivity index (χ0v) is 18.9. The van der Waals surface area contributed by atoms with Crippen LogP contribution in [0.2, 0.25) is 0 Å². The summed E-state index contributed by atoms with van der Waals surface area (Å²) in [6.07, 6.45) is 2.04. The molecule has 0 amide bonds. The highest BCUT2D eigenvalue weighted by Crippen LogP contribution is 2.19. The van der Waals surface area contributed by atoms with Crippen LogP contribution >= 0.6 is 0 Å². The minimum atomic E-state index is -0.305. The predicted octanol–water partition coefficient (Wildman–Crippen LogP) is 2.36. The first-order chi connectivity index (χ1) is 15.2. The van der Waals surface area contributed by atoms with Gasteiger partial charge in [-0.05, 0) is 37.5 Å². The van der Waals surface area contributed by atoms with Crippen molar-refractivity contribution in [2.75, 3.05) is 72.8 Å². The van der Waals surface area contributed by atoms with Gasteiger partial charge in [-0.1, -0.05) is 6.07 Å². The Morgan fingerprint density at radius 3 is 2.81 bits per heavy atom. The summed E-state index contributed by atoms with van der Waals surface area (Å²) in [5.41, 5.74) is 0.969. The molecule has 2 saturated heterocycles. The van der Waals surface area contributed by atoms with Gasteiger partial charge in [0.15, 0.2) is 17.5 Å². The number of hydrogen-bond acceptors (Lipinski definition) is 5. The topological polar surface area (TPSA) is 58.6 Å². The first-order valence-corrected chi connectivity index (χ1v) is 11.4. The lowest BCUT2D eigenvalue weighted by Crippen LogP contribution is -2.52. The normalized spacial score (nSPS) is 20.3. The van der Waals surface area contributed by atoms with Crippen LogP contribution in [0.3, 0.4) is 0 Å². The fourth-order valence-corrected chi connectivity index (χ4v) is 3.93. The van der Waals surface area contributed by atoms with E-state index in [-0.39, 0.29) is 11.6 Å². The van der Waals surface area contributed by atoms with E-state index in [1.807, 2.05) is 6.07 Å². The number of ether oxygens (including phenoxy) is 3. The number of methoxy groups -OCH3 is 1. The van der Waals surface area contributed by atoms with Crippen LogP contribution in [-0.4, -0.2) is 88.6 Å². The van der Waals surface area contributed by atoms with Gasteiger partial charge in [-0.15, -0.1) is 0 Å². The van der Waals surface area contributed by atoms with Crippen LogP contribution in [0.15, 0.2) is 23.2 Å². The number of piperazine rings is 1. The fourth-order valence-electron chi connectivity index (χ4n) is 3.93. The van der Waals surface area contributed by atoms with Crippen LogP contribution in [0, 0.1) is 11.7 Å². The van der Waals surface area contributed by atoms with E-state index in [0.717, 1.165) is 96.6 Å². The maximum Gasteiger partial charge on any atom is 0.194 e. The molecule has 1 N–H and O–H groups in total. The van der Waals surface area contributed by atoms with Crippen molar-refractivity contribution < 1.29 is 18.6 Å². The Bertz CT molecular complexity index is 689. The third kappa shape index (κ3) is 7.63. The van der Waals surface area contributed by atoms with Crippen molar-refractivity contribution in [2.24, 2.45) is 10.9 Å². The van der Waals surface area contributed by atoms with Crippen LogP contribution in [0.1, 0.15) is 25.3 Å². The van der Waals surface area contributed by atoms with Crippen LogP contribution in [0.25, 0.3) is 0 Å². The molecule has 31 heavy (non-hydrogen) atoms. The quantitative estimate of drug-likeness (QED) is 0.345. The van der Waals surface area contributed by atoms with Gasteiger partial charge in [0.25, 0.3) is 0 Å². The standard InChI is InChI=1S/C23H37FN4O3/c1-3-25-23(26-8-4-13-30-17-20-7-14-31-18-20)28-11-9-27(10-12-28)16-19-5-6-22(29-2)21(24)15-19/h5-6,15,20H,3-4,7-14,16-18H2,1-2H3,(H,25,26). The van der Waals surface area contributed by atoms with E-state index in [9.17, 15) is 4.39 Å². The van der Waals surface area contributed by atoms with Gasteiger partial charge in [-0.25, -0.2) is 4.39 Å². The first-order valence-electron chi connectivity index (χ1n) is 11.4. The Morgan fingerprint density at radius 1 is 1.29 bits per heavy atom. The highest BCUT2D eigenvalue weighted by atomic mass is 19.1. The number of nitrogens with one attached hydrogen (secondary N) is 1. The van der Waals surface area contributed by atoms with Crippen molar-refractivity contribution in [2.45, 2.75) is 26.3 Å². The van der Waals surface area contributed by atoms with E-state index in [1.54, 1.807) is 12.1 Å². The average molecular weight is 437 g/mol. The molecule has 0 bridgehead atoms.